The van der Waals surface area contributed by atoms with Crippen LogP contribution in [-0.2, 0) is 5.41 Å². The first-order chi connectivity index (χ1) is 18.0. The lowest BCUT2D eigenvalue weighted by Crippen LogP contribution is -2.46. The summed E-state index contributed by atoms with van der Waals surface area (Å²) in [6, 6.07) is 14.8. The van der Waals surface area contributed by atoms with Gasteiger partial charge in [0.15, 0.2) is 11.5 Å². The van der Waals surface area contributed by atoms with E-state index < -0.39 is 11.6 Å². The molecule has 0 spiro atoms. The molecule has 0 aromatic heterocycles. The van der Waals surface area contributed by atoms with Crippen LogP contribution in [0.25, 0.3) is 0 Å². The highest BCUT2D eigenvalue weighted by Crippen LogP contribution is 2.40. The van der Waals surface area contributed by atoms with Gasteiger partial charge in [-0.2, -0.15) is 5.26 Å². The van der Waals surface area contributed by atoms with E-state index in [4.69, 9.17) is 9.47 Å². The maximum atomic E-state index is 12.2. The molecule has 8 heteroatoms. The number of aliphatic hydroxyl groups excluding tert-OH is 1. The summed E-state index contributed by atoms with van der Waals surface area (Å²) in [4.78, 5) is 14.2. The van der Waals surface area contributed by atoms with Gasteiger partial charge in [-0.25, -0.2) is 0 Å². The molecule has 1 amide bonds. The number of ether oxygens (including phenoxy) is 2. The van der Waals surface area contributed by atoms with Gasteiger partial charge in [-0.1, -0.05) is 18.2 Å². The van der Waals surface area contributed by atoms with Crippen LogP contribution in [0.4, 0.5) is 0 Å². The number of methoxy groups -OCH3 is 1. The fourth-order valence-corrected chi connectivity index (χ4v) is 5.35. The summed E-state index contributed by atoms with van der Waals surface area (Å²) < 4.78 is 11.8. The van der Waals surface area contributed by atoms with E-state index in [0.717, 1.165) is 18.4 Å². The van der Waals surface area contributed by atoms with Gasteiger partial charge in [0, 0.05) is 19.6 Å². The first-order valence-corrected chi connectivity index (χ1v) is 13.2. The van der Waals surface area contributed by atoms with Gasteiger partial charge in [0.25, 0.3) is 5.91 Å². The molecule has 2 fully saturated rings. The van der Waals surface area contributed by atoms with E-state index in [2.05, 4.69) is 11.4 Å². The molecule has 1 aliphatic heterocycles. The lowest BCUT2D eigenvalue weighted by molar-refractivity contribution is -0.0226. The Morgan fingerprint density at radius 2 is 1.92 bits per heavy atom. The second-order valence-corrected chi connectivity index (χ2v) is 10.0. The number of hydrogen-bond donors (Lipinski definition) is 3. The van der Waals surface area contributed by atoms with Crippen molar-refractivity contribution in [2.45, 2.75) is 69.1 Å². The molecule has 0 bridgehead atoms. The molecule has 1 aliphatic carbocycles. The SMILES string of the molecule is COc1ccc(C2(C#N)CCN(C(O)CCCNC(=O)c3ccccc3O)CC2)cc1OC1CCCC1. The van der Waals surface area contributed by atoms with E-state index >= 15 is 0 Å². The average Bonchev–Trinajstić information content (AvgIpc) is 3.44. The predicted molar refractivity (Wildman–Crippen MR) is 140 cm³/mol. The molecule has 1 saturated heterocycles. The topological polar surface area (TPSA) is 115 Å². The molecule has 198 valence electrons. The van der Waals surface area contributed by atoms with Crippen molar-refractivity contribution in [1.82, 2.24) is 10.2 Å². The van der Waals surface area contributed by atoms with Crippen molar-refractivity contribution in [2.24, 2.45) is 0 Å². The number of hydrogen-bond acceptors (Lipinski definition) is 7. The third kappa shape index (κ3) is 6.35. The fraction of sp³-hybridized carbons (Fsp3) is 0.517. The summed E-state index contributed by atoms with van der Waals surface area (Å²) in [5, 5.41) is 33.5. The number of carbonyl (C=O) groups is 1. The molecule has 1 atom stereocenters. The first kappa shape index (κ1) is 26.8. The summed E-state index contributed by atoms with van der Waals surface area (Å²) in [6.07, 6.45) is 6.32. The van der Waals surface area contributed by atoms with Crippen molar-refractivity contribution in [3.8, 4) is 23.3 Å². The van der Waals surface area contributed by atoms with E-state index in [9.17, 15) is 20.3 Å². The summed E-state index contributed by atoms with van der Waals surface area (Å²) in [5.74, 6) is 1.00. The van der Waals surface area contributed by atoms with Crippen LogP contribution in [-0.4, -0.2) is 60.1 Å². The number of phenols is 1. The molecule has 2 aromatic rings. The Morgan fingerprint density at radius 3 is 2.59 bits per heavy atom. The molecule has 1 saturated carbocycles. The molecule has 4 rings (SSSR count). The van der Waals surface area contributed by atoms with Crippen molar-refractivity contribution in [3.05, 3.63) is 53.6 Å². The summed E-state index contributed by atoms with van der Waals surface area (Å²) in [7, 11) is 1.63. The Hall–Kier alpha value is -3.28. The van der Waals surface area contributed by atoms with E-state index in [-0.39, 0.29) is 23.3 Å². The molecule has 37 heavy (non-hydrogen) atoms. The second-order valence-electron chi connectivity index (χ2n) is 10.0. The molecular formula is C29H37N3O5. The number of carbonyl (C=O) groups excluding carboxylic acids is 1. The lowest BCUT2D eigenvalue weighted by atomic mass is 9.74. The minimum Gasteiger partial charge on any atom is -0.507 e. The van der Waals surface area contributed by atoms with E-state index in [1.165, 1.54) is 18.9 Å². The van der Waals surface area contributed by atoms with Crippen LogP contribution in [0.1, 0.15) is 67.3 Å². The minimum absolute atomic E-state index is 0.0524. The van der Waals surface area contributed by atoms with Crippen LogP contribution in [0.3, 0.4) is 0 Å². The normalized spacial score (nSPS) is 18.6. The number of aliphatic hydroxyl groups is 1. The van der Waals surface area contributed by atoms with Crippen LogP contribution in [0.5, 0.6) is 17.2 Å². The molecule has 8 nitrogen and oxygen atoms in total. The minimum atomic E-state index is -0.643. The highest BCUT2D eigenvalue weighted by molar-refractivity contribution is 5.96. The molecule has 1 unspecified atom stereocenters. The number of para-hydroxylation sites is 1. The van der Waals surface area contributed by atoms with Gasteiger partial charge < -0.3 is 25.0 Å². The summed E-state index contributed by atoms with van der Waals surface area (Å²) in [5.41, 5.74) is 0.536. The van der Waals surface area contributed by atoms with Gasteiger partial charge in [0.1, 0.15) is 12.0 Å². The largest absolute Gasteiger partial charge is 0.507 e. The van der Waals surface area contributed by atoms with Gasteiger partial charge in [-0.15, -0.1) is 0 Å². The number of likely N-dealkylation sites (tertiary alicyclic amines) is 1. The van der Waals surface area contributed by atoms with Crippen molar-refractivity contribution in [1.29, 1.82) is 5.26 Å². The van der Waals surface area contributed by atoms with E-state index in [1.807, 2.05) is 23.1 Å². The maximum absolute atomic E-state index is 12.2. The average molecular weight is 508 g/mol. The van der Waals surface area contributed by atoms with Gasteiger partial charge in [0.2, 0.25) is 0 Å². The van der Waals surface area contributed by atoms with Gasteiger partial charge in [0.05, 0.1) is 30.3 Å². The number of nitrogens with zero attached hydrogens (tertiary/aromatic N) is 2. The number of benzene rings is 2. The fourth-order valence-electron chi connectivity index (χ4n) is 5.35. The Kier molecular flexibility index (Phi) is 8.91. The van der Waals surface area contributed by atoms with E-state index in [1.54, 1.807) is 25.3 Å². The zero-order valence-corrected chi connectivity index (χ0v) is 21.5. The van der Waals surface area contributed by atoms with Gasteiger partial charge >= 0.3 is 0 Å². The monoisotopic (exact) mass is 507 g/mol. The van der Waals surface area contributed by atoms with Crippen LogP contribution in [0, 0.1) is 11.3 Å². The lowest BCUT2D eigenvalue weighted by Gasteiger charge is -2.40. The number of amides is 1. The number of rotatable bonds is 10. The number of aromatic hydroxyl groups is 1. The standard InChI is InChI=1S/C29H37N3O5/c1-36-25-13-12-21(19-26(25)37-22-7-2-3-8-22)29(20-30)14-17-32(18-15-29)27(34)11-6-16-31-28(35)23-9-4-5-10-24(23)33/h4-5,9-10,12-13,19,22,27,33-34H,2-3,6-8,11,14-18H2,1H3,(H,31,35). The smallest absolute Gasteiger partial charge is 0.255 e. The number of nitrogens with one attached hydrogen (secondary N) is 1. The summed E-state index contributed by atoms with van der Waals surface area (Å²) in [6.45, 7) is 1.60. The summed E-state index contributed by atoms with van der Waals surface area (Å²) >= 11 is 0. The van der Waals surface area contributed by atoms with Crippen molar-refractivity contribution in [3.63, 3.8) is 0 Å². The van der Waals surface area contributed by atoms with Crippen LogP contribution < -0.4 is 14.8 Å². The maximum Gasteiger partial charge on any atom is 0.255 e. The van der Waals surface area contributed by atoms with Crippen LogP contribution in [0.2, 0.25) is 0 Å². The number of nitriles is 1. The molecule has 1 heterocycles. The Labute approximate surface area is 218 Å². The van der Waals surface area contributed by atoms with Gasteiger partial charge in [-0.3, -0.25) is 9.69 Å². The van der Waals surface area contributed by atoms with Crippen molar-refractivity contribution >= 4 is 5.91 Å². The van der Waals surface area contributed by atoms with Crippen LogP contribution in [0.15, 0.2) is 42.5 Å². The van der Waals surface area contributed by atoms with Gasteiger partial charge in [-0.05, 0) is 81.2 Å². The molecule has 2 aromatic carbocycles. The van der Waals surface area contributed by atoms with E-state index in [0.29, 0.717) is 56.8 Å². The van der Waals surface area contributed by atoms with Crippen molar-refractivity contribution < 1.29 is 24.5 Å². The molecule has 2 aliphatic rings. The number of piperidine rings is 1. The zero-order chi connectivity index (χ0) is 26.3. The Balaban J connectivity index is 1.29. The highest BCUT2D eigenvalue weighted by Gasteiger charge is 2.38. The Morgan fingerprint density at radius 1 is 1.19 bits per heavy atom. The number of phenolic OH excluding ortho intramolecular Hbond substituents is 1. The molecule has 3 N–H and O–H groups in total. The third-order valence-corrected chi connectivity index (χ3v) is 7.67. The quantitative estimate of drug-likeness (QED) is 0.415. The molecule has 0 radical (unpaired) electrons. The highest BCUT2D eigenvalue weighted by atomic mass is 16.5. The predicted octanol–water partition coefficient (Wildman–Crippen LogP) is 4.11. The third-order valence-electron chi connectivity index (χ3n) is 7.67. The Bertz CT molecular complexity index is 1100. The first-order valence-electron chi connectivity index (χ1n) is 13.2. The van der Waals surface area contributed by atoms with Crippen molar-refractivity contribution in [2.75, 3.05) is 26.7 Å². The van der Waals surface area contributed by atoms with Crippen LogP contribution >= 0.6 is 0 Å². The molecular weight excluding hydrogens is 470 g/mol. The second kappa shape index (κ2) is 12.3. The zero-order valence-electron chi connectivity index (χ0n) is 21.5.